The lowest BCUT2D eigenvalue weighted by Gasteiger charge is -2.31. The van der Waals surface area contributed by atoms with Gasteiger partial charge in [-0.3, -0.25) is 9.89 Å². The van der Waals surface area contributed by atoms with E-state index in [9.17, 15) is 9.18 Å². The second-order valence-corrected chi connectivity index (χ2v) is 6.59. The molecule has 0 spiro atoms. The molecular formula is C17H21FN6O. The number of piperidine rings is 1. The van der Waals surface area contributed by atoms with Gasteiger partial charge in [0.15, 0.2) is 5.65 Å². The minimum Gasteiger partial charge on any atom is -0.366 e. The number of amides is 1. The van der Waals surface area contributed by atoms with Crippen molar-refractivity contribution in [2.24, 2.45) is 11.5 Å². The molecule has 1 amide bonds. The first kappa shape index (κ1) is 16.0. The zero-order valence-electron chi connectivity index (χ0n) is 13.8. The quantitative estimate of drug-likeness (QED) is 0.661. The van der Waals surface area contributed by atoms with Gasteiger partial charge in [0, 0.05) is 30.9 Å². The molecule has 8 heteroatoms. The van der Waals surface area contributed by atoms with E-state index >= 15 is 0 Å². The Labute approximate surface area is 143 Å². The second kappa shape index (κ2) is 6.12. The average molecular weight is 344 g/mol. The van der Waals surface area contributed by atoms with Crippen molar-refractivity contribution in [3.05, 3.63) is 35.3 Å². The van der Waals surface area contributed by atoms with Crippen LogP contribution in [0.5, 0.6) is 0 Å². The minimum atomic E-state index is -0.669. The van der Waals surface area contributed by atoms with Crippen molar-refractivity contribution in [2.75, 3.05) is 26.2 Å². The van der Waals surface area contributed by atoms with Crippen LogP contribution in [0.1, 0.15) is 34.7 Å². The number of aromatic nitrogens is 3. The van der Waals surface area contributed by atoms with Gasteiger partial charge < -0.3 is 16.4 Å². The number of aromatic amines is 1. The zero-order valence-corrected chi connectivity index (χ0v) is 13.8. The fraction of sp³-hybridized carbons (Fsp3) is 0.412. The number of hydrogen-bond donors (Lipinski definition) is 3. The first-order valence-electron chi connectivity index (χ1n) is 8.49. The lowest BCUT2D eigenvalue weighted by molar-refractivity contribution is 0.100. The number of imidazole rings is 1. The summed E-state index contributed by atoms with van der Waals surface area (Å²) in [6.07, 6.45) is 3.97. The summed E-state index contributed by atoms with van der Waals surface area (Å²) in [6.45, 7) is 3.59. The molecule has 0 radical (unpaired) electrons. The topological polar surface area (TPSA) is 105 Å². The molecule has 0 atom stereocenters. The largest absolute Gasteiger partial charge is 0.366 e. The van der Waals surface area contributed by atoms with Gasteiger partial charge in [0.2, 0.25) is 0 Å². The van der Waals surface area contributed by atoms with E-state index in [-0.39, 0.29) is 5.56 Å². The molecule has 1 saturated heterocycles. The number of rotatable bonds is 4. The Kier molecular flexibility index (Phi) is 3.93. The van der Waals surface area contributed by atoms with Crippen molar-refractivity contribution in [1.29, 1.82) is 0 Å². The standard InChI is InChI=1S/C17H21FN6O/c18-11-7-12(16(20)25)15-14(8-11)22-17-13(9-21-24(15)17)10-1-4-23(5-2-10)6-3-19/h7-10,21H,1-6,19H2,(H2,20,25). The number of likely N-dealkylation sites (tertiary alicyclic amines) is 1. The summed E-state index contributed by atoms with van der Waals surface area (Å²) in [4.78, 5) is 18.6. The number of nitrogens with one attached hydrogen (secondary N) is 1. The molecule has 0 aliphatic carbocycles. The molecular weight excluding hydrogens is 323 g/mol. The lowest BCUT2D eigenvalue weighted by atomic mass is 9.91. The van der Waals surface area contributed by atoms with Gasteiger partial charge in [-0.2, -0.15) is 0 Å². The molecule has 3 aromatic rings. The van der Waals surface area contributed by atoms with Crippen molar-refractivity contribution >= 4 is 22.6 Å². The molecule has 3 heterocycles. The monoisotopic (exact) mass is 344 g/mol. The third kappa shape index (κ3) is 2.67. The van der Waals surface area contributed by atoms with Crippen LogP contribution in [0.25, 0.3) is 16.7 Å². The Bertz CT molecular complexity index is 938. The van der Waals surface area contributed by atoms with Crippen LogP contribution in [-0.4, -0.2) is 51.6 Å². The van der Waals surface area contributed by atoms with Gasteiger partial charge in [-0.05, 0) is 37.9 Å². The number of benzene rings is 1. The highest BCUT2D eigenvalue weighted by atomic mass is 19.1. The molecule has 0 saturated carbocycles. The van der Waals surface area contributed by atoms with E-state index < -0.39 is 11.7 Å². The molecule has 25 heavy (non-hydrogen) atoms. The first-order chi connectivity index (χ1) is 12.1. The number of hydrogen-bond acceptors (Lipinski definition) is 4. The Morgan fingerprint density at radius 1 is 1.36 bits per heavy atom. The van der Waals surface area contributed by atoms with Crippen LogP contribution in [0.2, 0.25) is 0 Å². The maximum absolute atomic E-state index is 13.8. The Hall–Kier alpha value is -2.45. The third-order valence-electron chi connectivity index (χ3n) is 5.06. The van der Waals surface area contributed by atoms with Gasteiger partial charge in [0.25, 0.3) is 5.91 Å². The second-order valence-electron chi connectivity index (χ2n) is 6.59. The molecule has 0 unspecified atom stereocenters. The number of H-pyrrole nitrogens is 1. The van der Waals surface area contributed by atoms with Crippen LogP contribution in [-0.2, 0) is 0 Å². The molecule has 132 valence electrons. The van der Waals surface area contributed by atoms with E-state index in [1.807, 2.05) is 6.20 Å². The van der Waals surface area contributed by atoms with Crippen LogP contribution < -0.4 is 11.5 Å². The molecule has 2 aromatic heterocycles. The summed E-state index contributed by atoms with van der Waals surface area (Å²) in [6, 6.07) is 2.49. The molecule has 1 fully saturated rings. The SMILES string of the molecule is NCCN1CCC(c2c[nH]n3c2nc2cc(F)cc(C(N)=O)c23)CC1. The third-order valence-corrected chi connectivity index (χ3v) is 5.06. The smallest absolute Gasteiger partial charge is 0.251 e. The molecule has 1 aromatic carbocycles. The van der Waals surface area contributed by atoms with Gasteiger partial charge in [0.05, 0.1) is 11.1 Å². The van der Waals surface area contributed by atoms with Crippen LogP contribution in [0.3, 0.4) is 0 Å². The highest BCUT2D eigenvalue weighted by Gasteiger charge is 2.25. The van der Waals surface area contributed by atoms with Crippen LogP contribution >= 0.6 is 0 Å². The van der Waals surface area contributed by atoms with Gasteiger partial charge in [0.1, 0.15) is 11.3 Å². The van der Waals surface area contributed by atoms with Crippen molar-refractivity contribution in [1.82, 2.24) is 19.5 Å². The number of primary amides is 1. The number of halogens is 1. The van der Waals surface area contributed by atoms with Crippen molar-refractivity contribution in [2.45, 2.75) is 18.8 Å². The molecule has 7 nitrogen and oxygen atoms in total. The van der Waals surface area contributed by atoms with Crippen molar-refractivity contribution < 1.29 is 9.18 Å². The maximum Gasteiger partial charge on any atom is 0.251 e. The van der Waals surface area contributed by atoms with Crippen LogP contribution in [0, 0.1) is 5.82 Å². The molecule has 1 aliphatic rings. The number of nitrogens with two attached hydrogens (primary N) is 2. The van der Waals surface area contributed by atoms with Crippen molar-refractivity contribution in [3.63, 3.8) is 0 Å². The summed E-state index contributed by atoms with van der Waals surface area (Å²) in [5.41, 5.74) is 14.0. The van der Waals surface area contributed by atoms with E-state index in [0.29, 0.717) is 23.5 Å². The van der Waals surface area contributed by atoms with Gasteiger partial charge in [-0.25, -0.2) is 13.9 Å². The minimum absolute atomic E-state index is 0.133. The van der Waals surface area contributed by atoms with E-state index in [1.54, 1.807) is 4.52 Å². The predicted molar refractivity (Wildman–Crippen MR) is 93.0 cm³/mol. The lowest BCUT2D eigenvalue weighted by Crippen LogP contribution is -2.36. The zero-order chi connectivity index (χ0) is 17.6. The van der Waals surface area contributed by atoms with Gasteiger partial charge in [-0.15, -0.1) is 0 Å². The Balaban J connectivity index is 1.75. The normalized spacial score (nSPS) is 16.9. The molecule has 1 aliphatic heterocycles. The summed E-state index contributed by atoms with van der Waals surface area (Å²) in [5, 5.41) is 3.15. The predicted octanol–water partition coefficient (Wildman–Crippen LogP) is 1.19. The Morgan fingerprint density at radius 3 is 2.80 bits per heavy atom. The van der Waals surface area contributed by atoms with E-state index in [4.69, 9.17) is 11.5 Å². The highest BCUT2D eigenvalue weighted by Crippen LogP contribution is 2.32. The molecule has 0 bridgehead atoms. The highest BCUT2D eigenvalue weighted by molar-refractivity contribution is 6.05. The number of carbonyl (C=O) groups excluding carboxylic acids is 1. The Morgan fingerprint density at radius 2 is 2.12 bits per heavy atom. The van der Waals surface area contributed by atoms with E-state index in [1.165, 1.54) is 6.07 Å². The number of fused-ring (bicyclic) bond motifs is 3. The van der Waals surface area contributed by atoms with Crippen molar-refractivity contribution in [3.8, 4) is 0 Å². The molecule has 4 rings (SSSR count). The average Bonchev–Trinajstić information content (AvgIpc) is 3.13. The van der Waals surface area contributed by atoms with E-state index in [2.05, 4.69) is 15.0 Å². The summed E-state index contributed by atoms with van der Waals surface area (Å²) in [7, 11) is 0. The number of nitrogens with zero attached hydrogens (tertiary/aromatic N) is 3. The van der Waals surface area contributed by atoms with Gasteiger partial charge in [-0.1, -0.05) is 0 Å². The fourth-order valence-corrected chi connectivity index (χ4v) is 3.83. The summed E-state index contributed by atoms with van der Waals surface area (Å²) < 4.78 is 15.5. The fourth-order valence-electron chi connectivity index (χ4n) is 3.83. The van der Waals surface area contributed by atoms with Gasteiger partial charge >= 0.3 is 0 Å². The molecule has 5 N–H and O–H groups in total. The summed E-state index contributed by atoms with van der Waals surface area (Å²) >= 11 is 0. The van der Waals surface area contributed by atoms with Crippen LogP contribution in [0.15, 0.2) is 18.3 Å². The maximum atomic E-state index is 13.8. The first-order valence-corrected chi connectivity index (χ1v) is 8.49. The number of carbonyl (C=O) groups is 1. The summed E-state index contributed by atoms with van der Waals surface area (Å²) in [5.74, 6) is -0.808. The van der Waals surface area contributed by atoms with E-state index in [0.717, 1.165) is 49.8 Å². The van der Waals surface area contributed by atoms with Crippen LogP contribution in [0.4, 0.5) is 4.39 Å².